The molecule has 1 saturated heterocycles. The molecular formula is C26H23F4N3O5. The van der Waals surface area contributed by atoms with Crippen molar-refractivity contribution in [3.8, 4) is 17.2 Å². The molecule has 4 rings (SSSR count). The van der Waals surface area contributed by atoms with Crippen LogP contribution in [0.1, 0.15) is 27.5 Å². The SMILES string of the molecule is COc1cc(C)nc(N2C[C@@H](c3c(F)cc(OC)cc3F)C(NC(=O)c3ccc(OC(F)F)cc3)C2=O)c1. The topological polar surface area (TPSA) is 90.0 Å². The Balaban J connectivity index is 1.70. The van der Waals surface area contributed by atoms with Crippen LogP contribution in [0.4, 0.5) is 23.4 Å². The molecule has 0 bridgehead atoms. The smallest absolute Gasteiger partial charge is 0.387 e. The van der Waals surface area contributed by atoms with Gasteiger partial charge in [0, 0.05) is 53.5 Å². The number of aryl methyl sites for hydroxylation is 1. The summed E-state index contributed by atoms with van der Waals surface area (Å²) in [6, 6.07) is 8.49. The second-order valence-corrected chi connectivity index (χ2v) is 8.42. The van der Waals surface area contributed by atoms with Gasteiger partial charge in [-0.25, -0.2) is 13.8 Å². The first-order valence-electron chi connectivity index (χ1n) is 11.3. The summed E-state index contributed by atoms with van der Waals surface area (Å²) >= 11 is 0. The van der Waals surface area contributed by atoms with Gasteiger partial charge in [0.1, 0.15) is 40.7 Å². The highest BCUT2D eigenvalue weighted by molar-refractivity contribution is 6.04. The van der Waals surface area contributed by atoms with E-state index in [0.717, 1.165) is 24.3 Å². The number of pyridine rings is 1. The van der Waals surface area contributed by atoms with Gasteiger partial charge >= 0.3 is 6.61 Å². The average Bonchev–Trinajstić information content (AvgIpc) is 3.18. The van der Waals surface area contributed by atoms with E-state index in [-0.39, 0.29) is 29.4 Å². The zero-order valence-corrected chi connectivity index (χ0v) is 20.5. The first kappa shape index (κ1) is 26.7. The molecule has 1 fully saturated rings. The van der Waals surface area contributed by atoms with Crippen molar-refractivity contribution in [1.29, 1.82) is 0 Å². The van der Waals surface area contributed by atoms with Crippen LogP contribution < -0.4 is 24.4 Å². The predicted octanol–water partition coefficient (Wildman–Crippen LogP) is 4.22. The number of nitrogens with one attached hydrogen (secondary N) is 1. The fourth-order valence-corrected chi connectivity index (χ4v) is 4.28. The molecule has 38 heavy (non-hydrogen) atoms. The molecule has 2 aromatic carbocycles. The third-order valence-corrected chi connectivity index (χ3v) is 6.03. The standard InChI is InChI=1S/C26H23F4N3O5/c1-13-8-16(36-2)11-21(31-13)33-12-18(22-19(27)9-17(37-3)10-20(22)28)23(25(33)35)32-24(34)14-4-6-15(7-5-14)38-26(29)30/h4-11,18,23,26H,12H2,1-3H3,(H,32,34)/t18-,23?/m0/s1. The zero-order valence-electron chi connectivity index (χ0n) is 20.5. The quantitative estimate of drug-likeness (QED) is 0.437. The normalized spacial score (nSPS) is 17.1. The highest BCUT2D eigenvalue weighted by Gasteiger charge is 2.45. The van der Waals surface area contributed by atoms with Gasteiger partial charge in [-0.15, -0.1) is 0 Å². The number of aromatic nitrogens is 1. The number of hydrogen-bond donors (Lipinski definition) is 1. The first-order valence-corrected chi connectivity index (χ1v) is 11.3. The van der Waals surface area contributed by atoms with E-state index in [9.17, 15) is 18.4 Å². The van der Waals surface area contributed by atoms with Crippen LogP contribution in [-0.4, -0.2) is 50.2 Å². The van der Waals surface area contributed by atoms with Gasteiger partial charge in [0.25, 0.3) is 11.8 Å². The molecule has 1 unspecified atom stereocenters. The summed E-state index contributed by atoms with van der Waals surface area (Å²) in [7, 11) is 2.70. The second kappa shape index (κ2) is 11.0. The maximum atomic E-state index is 15.1. The van der Waals surface area contributed by atoms with Crippen molar-refractivity contribution in [2.45, 2.75) is 25.5 Å². The van der Waals surface area contributed by atoms with E-state index in [1.807, 2.05) is 0 Å². The number of carbonyl (C=O) groups is 2. The molecule has 0 radical (unpaired) electrons. The Morgan fingerprint density at radius 3 is 2.18 bits per heavy atom. The summed E-state index contributed by atoms with van der Waals surface area (Å²) < 4.78 is 69.5. The minimum Gasteiger partial charge on any atom is -0.497 e. The Kier molecular flexibility index (Phi) is 7.70. The Hall–Kier alpha value is -4.35. The lowest BCUT2D eigenvalue weighted by molar-refractivity contribution is -0.118. The molecule has 0 aliphatic carbocycles. The van der Waals surface area contributed by atoms with Crippen LogP contribution in [0.15, 0.2) is 48.5 Å². The Bertz CT molecular complexity index is 1330. The molecule has 1 aromatic heterocycles. The van der Waals surface area contributed by atoms with E-state index >= 15 is 8.78 Å². The molecule has 2 amide bonds. The van der Waals surface area contributed by atoms with Crippen molar-refractivity contribution in [3.05, 3.63) is 77.0 Å². The molecule has 1 aliphatic rings. The van der Waals surface area contributed by atoms with Crippen LogP contribution in [0.3, 0.4) is 0 Å². The lowest BCUT2D eigenvalue weighted by Crippen LogP contribution is -2.44. The molecule has 200 valence electrons. The monoisotopic (exact) mass is 533 g/mol. The highest BCUT2D eigenvalue weighted by Crippen LogP contribution is 2.37. The second-order valence-electron chi connectivity index (χ2n) is 8.42. The van der Waals surface area contributed by atoms with Crippen molar-refractivity contribution in [2.75, 3.05) is 25.7 Å². The third-order valence-electron chi connectivity index (χ3n) is 6.03. The van der Waals surface area contributed by atoms with Crippen molar-refractivity contribution < 1.29 is 41.4 Å². The van der Waals surface area contributed by atoms with Crippen LogP contribution >= 0.6 is 0 Å². The number of amides is 2. The molecule has 1 aliphatic heterocycles. The van der Waals surface area contributed by atoms with Gasteiger partial charge in [0.2, 0.25) is 0 Å². The summed E-state index contributed by atoms with van der Waals surface area (Å²) in [5.41, 5.74) is 0.138. The largest absolute Gasteiger partial charge is 0.497 e. The Labute approximate surface area is 215 Å². The van der Waals surface area contributed by atoms with Crippen molar-refractivity contribution in [3.63, 3.8) is 0 Å². The lowest BCUT2D eigenvalue weighted by atomic mass is 9.92. The third kappa shape index (κ3) is 5.48. The van der Waals surface area contributed by atoms with E-state index in [4.69, 9.17) is 9.47 Å². The van der Waals surface area contributed by atoms with Gasteiger partial charge in [0.05, 0.1) is 14.2 Å². The van der Waals surface area contributed by atoms with Gasteiger partial charge in [-0.1, -0.05) is 0 Å². The summed E-state index contributed by atoms with van der Waals surface area (Å²) in [4.78, 5) is 32.1. The Morgan fingerprint density at radius 2 is 1.61 bits per heavy atom. The van der Waals surface area contributed by atoms with Crippen LogP contribution in [0.25, 0.3) is 0 Å². The number of benzene rings is 2. The fourth-order valence-electron chi connectivity index (χ4n) is 4.28. The molecule has 1 N–H and O–H groups in total. The number of anilines is 1. The van der Waals surface area contributed by atoms with E-state index in [1.54, 1.807) is 13.0 Å². The number of hydrogen-bond acceptors (Lipinski definition) is 6. The van der Waals surface area contributed by atoms with Crippen LogP contribution in [-0.2, 0) is 4.79 Å². The maximum absolute atomic E-state index is 15.1. The van der Waals surface area contributed by atoms with Crippen LogP contribution in [0, 0.1) is 18.6 Å². The first-order chi connectivity index (χ1) is 18.1. The maximum Gasteiger partial charge on any atom is 0.387 e. The van der Waals surface area contributed by atoms with Gasteiger partial charge in [-0.3, -0.25) is 14.5 Å². The fraction of sp³-hybridized carbons (Fsp3) is 0.269. The molecule has 2 heterocycles. The zero-order chi connectivity index (χ0) is 27.6. The minimum absolute atomic E-state index is 0.0163. The van der Waals surface area contributed by atoms with E-state index in [2.05, 4.69) is 15.0 Å². The van der Waals surface area contributed by atoms with Crippen LogP contribution in [0.2, 0.25) is 0 Å². The van der Waals surface area contributed by atoms with Crippen molar-refractivity contribution >= 4 is 17.6 Å². The number of halogens is 4. The highest BCUT2D eigenvalue weighted by atomic mass is 19.3. The molecule has 3 aromatic rings. The summed E-state index contributed by atoms with van der Waals surface area (Å²) in [5, 5.41) is 2.54. The molecule has 12 heteroatoms. The van der Waals surface area contributed by atoms with Gasteiger partial charge in [-0.05, 0) is 31.2 Å². The lowest BCUT2D eigenvalue weighted by Gasteiger charge is -2.20. The molecule has 8 nitrogen and oxygen atoms in total. The molecule has 0 spiro atoms. The number of nitrogens with zero attached hydrogens (tertiary/aromatic N) is 2. The molecular weight excluding hydrogens is 510 g/mol. The van der Waals surface area contributed by atoms with E-state index in [1.165, 1.54) is 37.3 Å². The summed E-state index contributed by atoms with van der Waals surface area (Å²) in [5.74, 6) is -4.10. The predicted molar refractivity (Wildman–Crippen MR) is 128 cm³/mol. The van der Waals surface area contributed by atoms with Crippen molar-refractivity contribution in [2.24, 2.45) is 0 Å². The number of rotatable bonds is 8. The van der Waals surface area contributed by atoms with Gasteiger partial charge in [0.15, 0.2) is 0 Å². The Morgan fingerprint density at radius 1 is 1.00 bits per heavy atom. The molecule has 0 saturated carbocycles. The number of carbonyl (C=O) groups excluding carboxylic acids is 2. The minimum atomic E-state index is -3.04. The average molecular weight is 533 g/mol. The van der Waals surface area contributed by atoms with Crippen molar-refractivity contribution in [1.82, 2.24) is 10.3 Å². The van der Waals surface area contributed by atoms with E-state index in [0.29, 0.717) is 11.4 Å². The number of methoxy groups -OCH3 is 2. The van der Waals surface area contributed by atoms with Gasteiger partial charge < -0.3 is 19.5 Å². The van der Waals surface area contributed by atoms with Gasteiger partial charge in [-0.2, -0.15) is 8.78 Å². The van der Waals surface area contributed by atoms with E-state index < -0.39 is 47.6 Å². The van der Waals surface area contributed by atoms with Crippen LogP contribution in [0.5, 0.6) is 17.2 Å². The molecule has 2 atom stereocenters. The number of ether oxygens (including phenoxy) is 3. The number of alkyl halides is 2. The summed E-state index contributed by atoms with van der Waals surface area (Å²) in [6.45, 7) is -1.56. The summed E-state index contributed by atoms with van der Waals surface area (Å²) in [6.07, 6.45) is 0.